The van der Waals surface area contributed by atoms with Crippen molar-refractivity contribution in [3.05, 3.63) is 21.7 Å². The molecule has 0 saturated carbocycles. The number of nitrogens with zero attached hydrogens (tertiary/aromatic N) is 8. The first-order chi connectivity index (χ1) is 20.4. The molecule has 14 N–H and O–H groups in total. The van der Waals surface area contributed by atoms with Gasteiger partial charge in [0.25, 0.3) is 11.8 Å². The maximum Gasteiger partial charge on any atom is 0.280 e. The van der Waals surface area contributed by atoms with Gasteiger partial charge in [-0.25, -0.2) is 19.9 Å². The van der Waals surface area contributed by atoms with Crippen LogP contribution in [0.15, 0.2) is 9.98 Å². The molecule has 3 heterocycles. The lowest BCUT2D eigenvalue weighted by Gasteiger charge is -2.34. The molecule has 3 rings (SSSR count). The Morgan fingerprint density at radius 3 is 1.49 bits per heavy atom. The van der Waals surface area contributed by atoms with Crippen molar-refractivity contribution in [2.75, 3.05) is 75.3 Å². The first-order valence-electron chi connectivity index (χ1n) is 13.3. The zero-order valence-electron chi connectivity index (χ0n) is 23.4. The fourth-order valence-electron chi connectivity index (χ4n) is 4.02. The van der Waals surface area contributed by atoms with Crippen LogP contribution in [0.25, 0.3) is 0 Å². The van der Waals surface area contributed by atoms with Crippen molar-refractivity contribution >= 4 is 70.2 Å². The molecule has 0 aliphatic carbocycles. The van der Waals surface area contributed by atoms with Crippen molar-refractivity contribution in [1.82, 2.24) is 40.4 Å². The van der Waals surface area contributed by atoms with E-state index in [1.807, 2.05) is 0 Å². The Morgan fingerprint density at radius 1 is 0.651 bits per heavy atom. The summed E-state index contributed by atoms with van der Waals surface area (Å²) in [7, 11) is 0. The first-order valence-corrected chi connectivity index (χ1v) is 14.0. The second-order valence-electron chi connectivity index (χ2n) is 9.45. The highest BCUT2D eigenvalue weighted by molar-refractivity contribution is 6.32. The van der Waals surface area contributed by atoms with Gasteiger partial charge < -0.3 is 44.2 Å². The average Bonchev–Trinajstić information content (AvgIpc) is 2.95. The number of guanidine groups is 2. The fraction of sp³-hybridized carbons (Fsp3) is 0.478. The average molecular weight is 640 g/mol. The molecule has 1 saturated heterocycles. The number of hydrogen-bond donors (Lipinski definition) is 8. The van der Waals surface area contributed by atoms with E-state index in [4.69, 9.17) is 57.6 Å². The van der Waals surface area contributed by atoms with Gasteiger partial charge in [0.2, 0.25) is 0 Å². The van der Waals surface area contributed by atoms with Crippen LogP contribution in [-0.4, -0.2) is 106 Å². The summed E-state index contributed by atoms with van der Waals surface area (Å²) in [6, 6.07) is 0. The molecule has 234 valence electrons. The van der Waals surface area contributed by atoms with E-state index in [1.54, 1.807) is 0 Å². The number of nitrogens with two attached hydrogens (primary N) is 6. The molecule has 0 spiro atoms. The van der Waals surface area contributed by atoms with Gasteiger partial charge in [0, 0.05) is 45.8 Å². The summed E-state index contributed by atoms with van der Waals surface area (Å²) in [6.45, 7) is 6.44. The number of carbonyl (C=O) groups is 2. The quantitative estimate of drug-likeness (QED) is 0.0787. The molecule has 0 radical (unpaired) electrons. The van der Waals surface area contributed by atoms with E-state index in [9.17, 15) is 9.59 Å². The second kappa shape index (κ2) is 15.8. The molecule has 0 unspecified atom stereocenters. The SMILES string of the molecule is NC(=NCCCCN1CCN(CCCN=C(N)NC(=O)c2nc(Cl)c(N)nc2N)CC1)NC(=O)c1nc(Cl)c(N)nc1N. The maximum atomic E-state index is 12.3. The van der Waals surface area contributed by atoms with E-state index >= 15 is 0 Å². The summed E-state index contributed by atoms with van der Waals surface area (Å²) in [6.07, 6.45) is 2.50. The summed E-state index contributed by atoms with van der Waals surface area (Å²) in [5, 5.41) is 4.58. The predicted molar refractivity (Wildman–Crippen MR) is 166 cm³/mol. The lowest BCUT2D eigenvalue weighted by atomic mass is 10.2. The van der Waals surface area contributed by atoms with E-state index in [-0.39, 0.29) is 56.9 Å². The number of unbranched alkanes of at least 4 members (excludes halogenated alkanes) is 1. The highest BCUT2D eigenvalue weighted by Gasteiger charge is 2.19. The number of rotatable bonds is 11. The van der Waals surface area contributed by atoms with Crippen LogP contribution in [0, 0.1) is 0 Å². The molecule has 43 heavy (non-hydrogen) atoms. The zero-order chi connectivity index (χ0) is 31.5. The number of aromatic nitrogens is 4. The smallest absolute Gasteiger partial charge is 0.280 e. The summed E-state index contributed by atoms with van der Waals surface area (Å²) < 4.78 is 0. The zero-order valence-corrected chi connectivity index (χ0v) is 24.9. The van der Waals surface area contributed by atoms with Crippen LogP contribution in [-0.2, 0) is 0 Å². The Hall–Kier alpha value is -4.26. The molecule has 1 aliphatic rings. The topological polar surface area (TPSA) is 297 Å². The Morgan fingerprint density at radius 2 is 1.05 bits per heavy atom. The molecular weight excluding hydrogens is 603 g/mol. The standard InChI is InChI=1S/C23H36Cl2N16O2/c24-14-18(28)36-16(26)12(34-14)20(42)38-22(30)32-4-1-2-6-40-8-10-41(11-9-40)7-3-5-33-23(31)39-21(43)13-17(27)37-19(29)15(25)35-13/h1-11H2,(H4,26,28,36)(H4,27,29,37)(H3,30,32,38,42)(H3,31,33,39,43). The van der Waals surface area contributed by atoms with Crippen LogP contribution >= 0.6 is 23.2 Å². The van der Waals surface area contributed by atoms with Crippen molar-refractivity contribution in [3.63, 3.8) is 0 Å². The third kappa shape index (κ3) is 10.2. The molecule has 2 aromatic heterocycles. The first kappa shape index (κ1) is 33.2. The lowest BCUT2D eigenvalue weighted by Crippen LogP contribution is -2.46. The van der Waals surface area contributed by atoms with Gasteiger partial charge in [-0.15, -0.1) is 0 Å². The molecule has 2 amide bonds. The molecule has 1 aliphatic heterocycles. The summed E-state index contributed by atoms with van der Waals surface area (Å²) in [5.41, 5.74) is 33.6. The number of hydrogen-bond acceptors (Lipinski definition) is 14. The number of piperazine rings is 1. The largest absolute Gasteiger partial charge is 0.382 e. The molecular formula is C23H36Cl2N16O2. The summed E-state index contributed by atoms with van der Waals surface area (Å²) in [5.74, 6) is -1.90. The van der Waals surface area contributed by atoms with Crippen molar-refractivity contribution in [2.24, 2.45) is 21.5 Å². The van der Waals surface area contributed by atoms with Crippen molar-refractivity contribution in [1.29, 1.82) is 0 Å². The highest BCUT2D eigenvalue weighted by Crippen LogP contribution is 2.18. The number of aliphatic imine (C=N–C) groups is 2. The maximum absolute atomic E-state index is 12.3. The molecule has 0 bridgehead atoms. The number of amides is 2. The van der Waals surface area contributed by atoms with Gasteiger partial charge in [0.1, 0.15) is 0 Å². The predicted octanol–water partition coefficient (Wildman–Crippen LogP) is -1.52. The molecule has 1 fully saturated rings. The molecule has 2 aromatic rings. The second-order valence-corrected chi connectivity index (χ2v) is 10.2. The van der Waals surface area contributed by atoms with E-state index in [0.29, 0.717) is 13.1 Å². The van der Waals surface area contributed by atoms with Crippen LogP contribution < -0.4 is 45.0 Å². The van der Waals surface area contributed by atoms with Gasteiger partial charge in [0.15, 0.2) is 56.9 Å². The minimum Gasteiger partial charge on any atom is -0.382 e. The molecule has 0 atom stereocenters. The van der Waals surface area contributed by atoms with Gasteiger partial charge >= 0.3 is 0 Å². The number of nitrogen functional groups attached to an aromatic ring is 4. The number of anilines is 4. The van der Waals surface area contributed by atoms with Crippen LogP contribution in [0.4, 0.5) is 23.3 Å². The molecule has 18 nitrogen and oxygen atoms in total. The number of carbonyl (C=O) groups excluding carboxylic acids is 2. The van der Waals surface area contributed by atoms with Gasteiger partial charge in [-0.2, -0.15) is 0 Å². The molecule has 20 heteroatoms. The van der Waals surface area contributed by atoms with Crippen molar-refractivity contribution in [3.8, 4) is 0 Å². The van der Waals surface area contributed by atoms with Crippen LogP contribution in [0.1, 0.15) is 40.2 Å². The number of nitrogens with one attached hydrogen (secondary N) is 2. The van der Waals surface area contributed by atoms with Gasteiger partial charge in [-0.3, -0.25) is 30.2 Å². The van der Waals surface area contributed by atoms with E-state index < -0.39 is 11.8 Å². The van der Waals surface area contributed by atoms with Gasteiger partial charge in [0.05, 0.1) is 0 Å². The Balaban J connectivity index is 1.27. The van der Waals surface area contributed by atoms with E-state index in [1.165, 1.54) is 0 Å². The van der Waals surface area contributed by atoms with Crippen LogP contribution in [0.3, 0.4) is 0 Å². The van der Waals surface area contributed by atoms with E-state index in [2.05, 4.69) is 50.4 Å². The fourth-order valence-corrected chi connectivity index (χ4v) is 4.28. The van der Waals surface area contributed by atoms with Crippen LogP contribution in [0.5, 0.6) is 0 Å². The highest BCUT2D eigenvalue weighted by atomic mass is 35.5. The normalized spacial score (nSPS) is 14.9. The van der Waals surface area contributed by atoms with Crippen LogP contribution in [0.2, 0.25) is 10.3 Å². The van der Waals surface area contributed by atoms with E-state index in [0.717, 1.165) is 58.5 Å². The Bertz CT molecular complexity index is 1360. The lowest BCUT2D eigenvalue weighted by molar-refractivity contribution is 0.0964. The summed E-state index contributed by atoms with van der Waals surface area (Å²) in [4.78, 5) is 52.9. The minimum atomic E-state index is -0.674. The van der Waals surface area contributed by atoms with Gasteiger partial charge in [-0.05, 0) is 25.8 Å². The van der Waals surface area contributed by atoms with Crippen molar-refractivity contribution in [2.45, 2.75) is 19.3 Å². The van der Waals surface area contributed by atoms with Crippen molar-refractivity contribution < 1.29 is 9.59 Å². The molecule has 0 aromatic carbocycles. The number of halogens is 2. The Labute approximate surface area is 257 Å². The summed E-state index contributed by atoms with van der Waals surface area (Å²) >= 11 is 11.6. The monoisotopic (exact) mass is 638 g/mol. The Kier molecular flexibility index (Phi) is 12.2. The third-order valence-corrected chi connectivity index (χ3v) is 6.82. The third-order valence-electron chi connectivity index (χ3n) is 6.27. The minimum absolute atomic E-state index is 0.0491. The van der Waals surface area contributed by atoms with Gasteiger partial charge in [-0.1, -0.05) is 23.2 Å².